The van der Waals surface area contributed by atoms with Crippen LogP contribution < -0.4 is 5.32 Å². The predicted octanol–water partition coefficient (Wildman–Crippen LogP) is 3.64. The number of hydrogen-bond donors (Lipinski definition) is 1. The lowest BCUT2D eigenvalue weighted by atomic mass is 10.0. The number of nitrogens with zero attached hydrogens (tertiary/aromatic N) is 1. The van der Waals surface area contributed by atoms with E-state index in [-0.39, 0.29) is 25.1 Å². The Labute approximate surface area is 155 Å². The molecule has 1 N–H and O–H groups in total. The first-order valence-electron chi connectivity index (χ1n) is 8.08. The lowest BCUT2D eigenvalue weighted by Crippen LogP contribution is -2.51. The fourth-order valence-corrected chi connectivity index (χ4v) is 2.93. The number of aldehydes is 1. The van der Waals surface area contributed by atoms with Gasteiger partial charge in [-0.1, -0.05) is 21.4 Å². The number of carbonyl (C=O) groups is 2. The van der Waals surface area contributed by atoms with E-state index in [9.17, 15) is 31.5 Å². The second kappa shape index (κ2) is 8.33. The van der Waals surface area contributed by atoms with Gasteiger partial charge < -0.3 is 15.0 Å². The maximum Gasteiger partial charge on any atom is 0.416 e. The van der Waals surface area contributed by atoms with Crippen LogP contribution in [0.25, 0.3) is 5.70 Å². The Bertz CT molecular complexity index is 714. The molecule has 1 aliphatic rings. The lowest BCUT2D eigenvalue weighted by molar-refractivity contribution is -0.137. The van der Waals surface area contributed by atoms with Gasteiger partial charge in [0.1, 0.15) is 12.5 Å². The molecule has 0 spiro atoms. The van der Waals surface area contributed by atoms with E-state index >= 15 is 0 Å². The summed E-state index contributed by atoms with van der Waals surface area (Å²) in [5.74, 6) is -0.515. The molecule has 1 heterocycles. The van der Waals surface area contributed by atoms with Crippen LogP contribution >= 0.6 is 9.24 Å². The van der Waals surface area contributed by atoms with Gasteiger partial charge >= 0.3 is 6.18 Å². The van der Waals surface area contributed by atoms with Gasteiger partial charge in [-0.05, 0) is 30.5 Å². The summed E-state index contributed by atoms with van der Waals surface area (Å²) >= 11 is 0. The first kappa shape index (κ1) is 21.3. The van der Waals surface area contributed by atoms with Crippen molar-refractivity contribution in [3.63, 3.8) is 0 Å². The SMILES string of the molecule is O=CCN1C(=O)C=C(c2ccc(C(F)(F)F)cc2)NC1CCCC(F)(F)P. The lowest BCUT2D eigenvalue weighted by Gasteiger charge is -2.36. The van der Waals surface area contributed by atoms with Crippen molar-refractivity contribution in [2.45, 2.75) is 37.3 Å². The smallest absolute Gasteiger partial charge is 0.364 e. The number of benzene rings is 1. The van der Waals surface area contributed by atoms with Crippen LogP contribution in [0.1, 0.15) is 30.4 Å². The van der Waals surface area contributed by atoms with Crippen molar-refractivity contribution in [2.75, 3.05) is 6.54 Å². The number of halogens is 5. The summed E-state index contributed by atoms with van der Waals surface area (Å²) in [6, 6.07) is 4.23. The van der Waals surface area contributed by atoms with Crippen molar-refractivity contribution in [1.82, 2.24) is 10.2 Å². The van der Waals surface area contributed by atoms with E-state index < -0.39 is 35.9 Å². The van der Waals surface area contributed by atoms with Gasteiger partial charge in [0.15, 0.2) is 0 Å². The summed E-state index contributed by atoms with van der Waals surface area (Å²) in [6.45, 7) is -0.218. The van der Waals surface area contributed by atoms with E-state index in [2.05, 4.69) is 5.32 Å². The molecule has 2 unspecified atom stereocenters. The van der Waals surface area contributed by atoms with Gasteiger partial charge in [0, 0.05) is 18.2 Å². The predicted molar refractivity (Wildman–Crippen MR) is 92.6 cm³/mol. The zero-order valence-electron chi connectivity index (χ0n) is 14.1. The van der Waals surface area contributed by atoms with Gasteiger partial charge in [0.25, 0.3) is 11.6 Å². The first-order chi connectivity index (χ1) is 12.5. The Morgan fingerprint density at radius 3 is 2.30 bits per heavy atom. The summed E-state index contributed by atoms with van der Waals surface area (Å²) in [4.78, 5) is 24.3. The van der Waals surface area contributed by atoms with Crippen LogP contribution in [0.2, 0.25) is 0 Å². The number of alkyl halides is 5. The zero-order chi connectivity index (χ0) is 20.2. The normalized spacial score (nSPS) is 18.1. The third-order valence-electron chi connectivity index (χ3n) is 4.03. The van der Waals surface area contributed by atoms with Crippen LogP contribution in [-0.2, 0) is 15.8 Å². The Morgan fingerprint density at radius 1 is 1.15 bits per heavy atom. The Morgan fingerprint density at radius 2 is 1.78 bits per heavy atom. The third kappa shape index (κ3) is 5.99. The Hall–Kier alpha value is -2.02. The average molecular weight is 408 g/mol. The van der Waals surface area contributed by atoms with Gasteiger partial charge in [-0.15, -0.1) is 0 Å². The molecule has 1 amide bonds. The fourth-order valence-electron chi connectivity index (χ4n) is 2.72. The van der Waals surface area contributed by atoms with Gasteiger partial charge in [-0.2, -0.15) is 13.2 Å². The monoisotopic (exact) mass is 408 g/mol. The highest BCUT2D eigenvalue weighted by Gasteiger charge is 2.32. The van der Waals surface area contributed by atoms with E-state index in [4.69, 9.17) is 0 Å². The summed E-state index contributed by atoms with van der Waals surface area (Å²) in [6.07, 6.45) is -3.68. The molecule has 148 valence electrons. The van der Waals surface area contributed by atoms with Gasteiger partial charge in [-0.3, -0.25) is 4.79 Å². The van der Waals surface area contributed by atoms with Gasteiger partial charge in [0.05, 0.1) is 12.1 Å². The molecule has 1 aromatic rings. The van der Waals surface area contributed by atoms with Crippen molar-refractivity contribution in [3.8, 4) is 0 Å². The fraction of sp³-hybridized carbons (Fsp3) is 0.412. The molecule has 0 bridgehead atoms. The van der Waals surface area contributed by atoms with E-state index in [1.165, 1.54) is 32.3 Å². The van der Waals surface area contributed by atoms with Crippen molar-refractivity contribution in [2.24, 2.45) is 0 Å². The maximum atomic E-state index is 13.0. The van der Waals surface area contributed by atoms with Crippen LogP contribution in [0.15, 0.2) is 30.3 Å². The second-order valence-corrected chi connectivity index (χ2v) is 6.95. The molecule has 10 heteroatoms. The first-order valence-corrected chi connectivity index (χ1v) is 8.66. The average Bonchev–Trinajstić information content (AvgIpc) is 2.56. The summed E-state index contributed by atoms with van der Waals surface area (Å²) < 4.78 is 64.0. The van der Waals surface area contributed by atoms with E-state index in [0.717, 1.165) is 12.1 Å². The molecular weight excluding hydrogens is 390 g/mol. The molecule has 0 aromatic heterocycles. The molecule has 0 fully saturated rings. The highest BCUT2D eigenvalue weighted by atomic mass is 31.0. The Kier molecular flexibility index (Phi) is 6.57. The molecule has 1 aliphatic heterocycles. The van der Waals surface area contributed by atoms with Crippen molar-refractivity contribution in [3.05, 3.63) is 41.5 Å². The number of carbonyl (C=O) groups excluding carboxylic acids is 2. The van der Waals surface area contributed by atoms with Crippen LogP contribution in [0.5, 0.6) is 0 Å². The van der Waals surface area contributed by atoms with Crippen molar-refractivity contribution >= 4 is 27.1 Å². The number of rotatable bonds is 7. The van der Waals surface area contributed by atoms with Crippen LogP contribution in [0.3, 0.4) is 0 Å². The second-order valence-electron chi connectivity index (χ2n) is 6.10. The summed E-state index contributed by atoms with van der Waals surface area (Å²) in [7, 11) is 1.44. The number of nitrogens with one attached hydrogen (secondary N) is 1. The van der Waals surface area contributed by atoms with Gasteiger partial charge in [0.2, 0.25) is 0 Å². The number of amides is 1. The van der Waals surface area contributed by atoms with E-state index in [1.807, 2.05) is 0 Å². The molecule has 0 radical (unpaired) electrons. The summed E-state index contributed by atoms with van der Waals surface area (Å²) in [5.41, 5.74) is -3.13. The molecule has 0 saturated heterocycles. The van der Waals surface area contributed by atoms with Crippen LogP contribution in [-0.4, -0.2) is 35.5 Å². The molecule has 0 aliphatic carbocycles. The quantitative estimate of drug-likeness (QED) is 0.426. The standard InChI is InChI=1S/C17H18F5N2O2P/c18-16(19,27)7-1-2-14-23-13(10-15(26)24(14)8-9-25)11-3-5-12(6-4-11)17(20,21)22/h3-6,9-10,14,23H,1-2,7-8,27H2. The minimum atomic E-state index is -4.48. The molecule has 27 heavy (non-hydrogen) atoms. The van der Waals surface area contributed by atoms with Crippen LogP contribution in [0, 0.1) is 0 Å². The topological polar surface area (TPSA) is 49.4 Å². The van der Waals surface area contributed by atoms with Crippen LogP contribution in [0.4, 0.5) is 22.0 Å². The van der Waals surface area contributed by atoms with E-state index in [1.54, 1.807) is 0 Å². The summed E-state index contributed by atoms with van der Waals surface area (Å²) in [5, 5.41) is 2.95. The molecular formula is C17H18F5N2O2P. The molecule has 2 atom stereocenters. The maximum absolute atomic E-state index is 13.0. The Balaban J connectivity index is 2.18. The molecule has 1 aromatic carbocycles. The molecule has 4 nitrogen and oxygen atoms in total. The highest BCUT2D eigenvalue weighted by Crippen LogP contribution is 2.31. The largest absolute Gasteiger partial charge is 0.416 e. The minimum Gasteiger partial charge on any atom is -0.364 e. The van der Waals surface area contributed by atoms with Gasteiger partial charge in [-0.25, -0.2) is 8.78 Å². The minimum absolute atomic E-state index is 0.0805. The highest BCUT2D eigenvalue weighted by molar-refractivity contribution is 7.18. The zero-order valence-corrected chi connectivity index (χ0v) is 15.3. The van der Waals surface area contributed by atoms with Crippen molar-refractivity contribution in [1.29, 1.82) is 0 Å². The van der Waals surface area contributed by atoms with Crippen molar-refractivity contribution < 1.29 is 31.5 Å². The third-order valence-corrected chi connectivity index (χ3v) is 4.32. The molecule has 2 rings (SSSR count). The van der Waals surface area contributed by atoms with E-state index in [0.29, 0.717) is 11.8 Å². The number of hydrogen-bond acceptors (Lipinski definition) is 3. The molecule has 0 saturated carbocycles.